The van der Waals surface area contributed by atoms with Crippen LogP contribution in [0.25, 0.3) is 17.0 Å². The quantitative estimate of drug-likeness (QED) is 0.222. The molecule has 134 valence electrons. The Labute approximate surface area is 151 Å². The number of nitro groups is 2. The number of carbonyl (C=O) groups is 1. The number of carbonyl (C=O) groups excluding carboxylic acids is 1. The van der Waals surface area contributed by atoms with Crippen molar-refractivity contribution < 1.29 is 19.4 Å². The van der Waals surface area contributed by atoms with E-state index >= 15 is 0 Å². The van der Waals surface area contributed by atoms with Crippen LogP contribution in [-0.2, 0) is 4.79 Å². The standard InChI is InChI=1S/C18H11N3O6/c22-16(9-6-12-3-1-5-14(11-12)20(23)24)27-18-15(21(25)26)8-7-13-4-2-10-19-17(13)18/h1-11H/b9-6+. The van der Waals surface area contributed by atoms with Crippen LogP contribution in [0.15, 0.2) is 60.8 Å². The highest BCUT2D eigenvalue weighted by Crippen LogP contribution is 2.34. The van der Waals surface area contributed by atoms with E-state index in [0.717, 1.165) is 6.08 Å². The first-order chi connectivity index (χ1) is 13.0. The van der Waals surface area contributed by atoms with Crippen LogP contribution >= 0.6 is 0 Å². The molecule has 0 aliphatic heterocycles. The second-order valence-corrected chi connectivity index (χ2v) is 5.35. The number of nitrogens with zero attached hydrogens (tertiary/aromatic N) is 3. The van der Waals surface area contributed by atoms with Crippen molar-refractivity contribution >= 4 is 34.3 Å². The molecule has 0 bridgehead atoms. The van der Waals surface area contributed by atoms with Gasteiger partial charge in [-0.25, -0.2) is 4.79 Å². The zero-order chi connectivity index (χ0) is 19.4. The molecule has 0 saturated carbocycles. The molecule has 3 rings (SSSR count). The number of pyridine rings is 1. The van der Waals surface area contributed by atoms with E-state index in [1.54, 1.807) is 18.2 Å². The first-order valence-electron chi connectivity index (χ1n) is 7.62. The third-order valence-corrected chi connectivity index (χ3v) is 3.60. The second kappa shape index (κ2) is 7.40. The Morgan fingerprint density at radius 1 is 1.04 bits per heavy atom. The summed E-state index contributed by atoms with van der Waals surface area (Å²) in [5.74, 6) is -1.13. The minimum absolute atomic E-state index is 0.126. The molecule has 0 unspecified atom stereocenters. The molecule has 0 spiro atoms. The summed E-state index contributed by atoms with van der Waals surface area (Å²) >= 11 is 0. The summed E-state index contributed by atoms with van der Waals surface area (Å²) < 4.78 is 5.16. The fourth-order valence-corrected chi connectivity index (χ4v) is 2.39. The summed E-state index contributed by atoms with van der Waals surface area (Å²) in [4.78, 5) is 37.0. The van der Waals surface area contributed by atoms with Crippen LogP contribution in [0.5, 0.6) is 5.75 Å². The molecule has 0 fully saturated rings. The van der Waals surface area contributed by atoms with Gasteiger partial charge >= 0.3 is 11.7 Å². The molecule has 0 N–H and O–H groups in total. The minimum Gasteiger partial charge on any atom is -0.414 e. The molecule has 27 heavy (non-hydrogen) atoms. The monoisotopic (exact) mass is 365 g/mol. The van der Waals surface area contributed by atoms with Crippen molar-refractivity contribution in [3.63, 3.8) is 0 Å². The lowest BCUT2D eigenvalue weighted by Crippen LogP contribution is -2.07. The van der Waals surface area contributed by atoms with E-state index in [4.69, 9.17) is 4.74 Å². The maximum absolute atomic E-state index is 12.1. The number of aromatic nitrogens is 1. The van der Waals surface area contributed by atoms with Crippen molar-refractivity contribution in [1.29, 1.82) is 0 Å². The average Bonchev–Trinajstić information content (AvgIpc) is 2.66. The van der Waals surface area contributed by atoms with E-state index in [2.05, 4.69) is 4.98 Å². The zero-order valence-electron chi connectivity index (χ0n) is 13.6. The normalized spacial score (nSPS) is 10.8. The summed E-state index contributed by atoms with van der Waals surface area (Å²) in [5, 5.41) is 22.6. The van der Waals surface area contributed by atoms with Gasteiger partial charge in [0.15, 0.2) is 0 Å². The van der Waals surface area contributed by atoms with Crippen LogP contribution in [-0.4, -0.2) is 20.8 Å². The third kappa shape index (κ3) is 3.93. The molecule has 9 heteroatoms. The Bertz CT molecular complexity index is 1090. The van der Waals surface area contributed by atoms with Crippen LogP contribution in [0.3, 0.4) is 0 Å². The number of rotatable bonds is 5. The Morgan fingerprint density at radius 2 is 1.85 bits per heavy atom. The van der Waals surface area contributed by atoms with Crippen molar-refractivity contribution in [2.24, 2.45) is 0 Å². The second-order valence-electron chi connectivity index (χ2n) is 5.35. The predicted octanol–water partition coefficient (Wildman–Crippen LogP) is 3.67. The van der Waals surface area contributed by atoms with Gasteiger partial charge in [-0.15, -0.1) is 0 Å². The van der Waals surface area contributed by atoms with E-state index in [-0.39, 0.29) is 17.0 Å². The molecule has 9 nitrogen and oxygen atoms in total. The molecule has 1 heterocycles. The maximum Gasteiger partial charge on any atom is 0.336 e. The number of hydrogen-bond acceptors (Lipinski definition) is 7. The topological polar surface area (TPSA) is 125 Å². The van der Waals surface area contributed by atoms with Crippen LogP contribution < -0.4 is 4.74 Å². The van der Waals surface area contributed by atoms with Crippen molar-refractivity contribution in [3.05, 3.63) is 86.6 Å². The molecule has 0 atom stereocenters. The molecular weight excluding hydrogens is 354 g/mol. The fraction of sp³-hybridized carbons (Fsp3) is 0. The van der Waals surface area contributed by atoms with E-state index in [1.807, 2.05) is 0 Å². The Kier molecular flexibility index (Phi) is 4.84. The fourth-order valence-electron chi connectivity index (χ4n) is 2.39. The van der Waals surface area contributed by atoms with Crippen LogP contribution in [0.1, 0.15) is 5.56 Å². The SMILES string of the molecule is O=C(/C=C/c1cccc([N+](=O)[O-])c1)Oc1c([N+](=O)[O-])ccc2cccnc12. The number of hydrogen-bond donors (Lipinski definition) is 0. The van der Waals surface area contributed by atoms with E-state index in [9.17, 15) is 25.0 Å². The molecule has 0 saturated heterocycles. The molecule has 0 aliphatic rings. The van der Waals surface area contributed by atoms with Gasteiger partial charge in [0.2, 0.25) is 5.75 Å². The van der Waals surface area contributed by atoms with Crippen LogP contribution in [0.4, 0.5) is 11.4 Å². The predicted molar refractivity (Wildman–Crippen MR) is 96.2 cm³/mol. The van der Waals surface area contributed by atoms with Gasteiger partial charge in [0.05, 0.1) is 9.85 Å². The summed E-state index contributed by atoms with van der Waals surface area (Å²) in [6, 6.07) is 11.7. The highest BCUT2D eigenvalue weighted by Gasteiger charge is 2.21. The van der Waals surface area contributed by atoms with E-state index < -0.39 is 21.5 Å². The highest BCUT2D eigenvalue weighted by molar-refractivity contribution is 5.94. The number of benzene rings is 2. The molecule has 1 aromatic heterocycles. The molecule has 3 aromatic rings. The largest absolute Gasteiger partial charge is 0.414 e. The molecule has 0 amide bonds. The van der Waals surface area contributed by atoms with Gasteiger partial charge < -0.3 is 4.74 Å². The highest BCUT2D eigenvalue weighted by atomic mass is 16.6. The van der Waals surface area contributed by atoms with Crippen LogP contribution in [0.2, 0.25) is 0 Å². The molecule has 0 radical (unpaired) electrons. The number of non-ortho nitro benzene ring substituents is 1. The average molecular weight is 365 g/mol. The summed E-state index contributed by atoms with van der Waals surface area (Å²) in [7, 11) is 0. The van der Waals surface area contributed by atoms with Crippen molar-refractivity contribution in [2.75, 3.05) is 0 Å². The molecule has 2 aromatic carbocycles. The Balaban J connectivity index is 1.90. The number of fused-ring (bicyclic) bond motifs is 1. The lowest BCUT2D eigenvalue weighted by molar-refractivity contribution is -0.385. The van der Waals surface area contributed by atoms with Crippen molar-refractivity contribution in [2.45, 2.75) is 0 Å². The number of ether oxygens (including phenoxy) is 1. The van der Waals surface area contributed by atoms with Gasteiger partial charge in [0.1, 0.15) is 5.52 Å². The number of esters is 1. The van der Waals surface area contributed by atoms with Gasteiger partial charge in [-0.2, -0.15) is 0 Å². The summed E-state index contributed by atoms with van der Waals surface area (Å²) in [6.45, 7) is 0. The van der Waals surface area contributed by atoms with Gasteiger partial charge in [-0.1, -0.05) is 18.2 Å². The van der Waals surface area contributed by atoms with Crippen molar-refractivity contribution in [3.8, 4) is 5.75 Å². The van der Waals surface area contributed by atoms with Crippen molar-refractivity contribution in [1.82, 2.24) is 4.98 Å². The summed E-state index contributed by atoms with van der Waals surface area (Å²) in [6.07, 6.45) is 3.78. The lowest BCUT2D eigenvalue weighted by Gasteiger charge is -2.06. The molecule has 0 aliphatic carbocycles. The first-order valence-corrected chi connectivity index (χ1v) is 7.62. The van der Waals surface area contributed by atoms with Gasteiger partial charge in [0.25, 0.3) is 5.69 Å². The minimum atomic E-state index is -0.872. The van der Waals surface area contributed by atoms with Gasteiger partial charge in [0, 0.05) is 35.9 Å². The van der Waals surface area contributed by atoms with E-state index in [0.29, 0.717) is 10.9 Å². The number of nitro benzene ring substituents is 2. The zero-order valence-corrected chi connectivity index (χ0v) is 13.6. The molecular formula is C18H11N3O6. The lowest BCUT2D eigenvalue weighted by atomic mass is 10.2. The Hall–Kier alpha value is -4.14. The van der Waals surface area contributed by atoms with Crippen LogP contribution in [0, 0.1) is 20.2 Å². The Morgan fingerprint density at radius 3 is 2.59 bits per heavy atom. The first kappa shape index (κ1) is 17.7. The maximum atomic E-state index is 12.1. The van der Waals surface area contributed by atoms with E-state index in [1.165, 1.54) is 42.6 Å². The smallest absolute Gasteiger partial charge is 0.336 e. The summed E-state index contributed by atoms with van der Waals surface area (Å²) in [5.41, 5.74) is 0.0770. The van der Waals surface area contributed by atoms with Gasteiger partial charge in [-0.3, -0.25) is 25.2 Å². The third-order valence-electron chi connectivity index (χ3n) is 3.60. The van der Waals surface area contributed by atoms with Gasteiger partial charge in [-0.05, 0) is 23.8 Å².